The van der Waals surface area contributed by atoms with Crippen LogP contribution >= 0.6 is 0 Å². The standard InChI is InChI=1S/C32H36F6N4O/c1-22(2)40-29(43)18-28-21-41(19-24-12-14-39-15-13-24)16-17-42(28)20-23-4-6-25(7-5-23)26-8-10-27(11-9-26)30(3,31(33,34)35)32(36,37)38/h4-15,22,28H,16-21H2,1-3H3,(H,40,43)/t28-/m1/s1. The van der Waals surface area contributed by atoms with Crippen LogP contribution in [0.4, 0.5) is 26.3 Å². The van der Waals surface area contributed by atoms with E-state index >= 15 is 0 Å². The third-order valence-corrected chi connectivity index (χ3v) is 7.98. The van der Waals surface area contributed by atoms with Gasteiger partial charge in [0.2, 0.25) is 5.91 Å². The molecule has 1 fully saturated rings. The number of nitrogens with zero attached hydrogens (tertiary/aromatic N) is 3. The molecule has 4 rings (SSSR count). The number of hydrogen-bond acceptors (Lipinski definition) is 4. The number of pyridine rings is 1. The molecular weight excluding hydrogens is 570 g/mol. The summed E-state index contributed by atoms with van der Waals surface area (Å²) in [5.41, 5.74) is -1.50. The Morgan fingerprint density at radius 2 is 1.37 bits per heavy atom. The van der Waals surface area contributed by atoms with Crippen LogP contribution < -0.4 is 5.32 Å². The Hall–Kier alpha value is -3.44. The number of amides is 1. The minimum Gasteiger partial charge on any atom is -0.354 e. The van der Waals surface area contributed by atoms with Crippen LogP contribution in [0.1, 0.15) is 43.9 Å². The van der Waals surface area contributed by atoms with Gasteiger partial charge in [0.1, 0.15) is 0 Å². The van der Waals surface area contributed by atoms with Crippen molar-refractivity contribution in [1.82, 2.24) is 20.1 Å². The molecule has 43 heavy (non-hydrogen) atoms. The molecule has 2 aromatic carbocycles. The zero-order chi connectivity index (χ0) is 31.4. The smallest absolute Gasteiger partial charge is 0.354 e. The lowest BCUT2D eigenvalue weighted by Crippen LogP contribution is -2.53. The van der Waals surface area contributed by atoms with Gasteiger partial charge in [0.25, 0.3) is 0 Å². The van der Waals surface area contributed by atoms with Gasteiger partial charge in [-0.05, 0) is 60.7 Å². The molecule has 1 atom stereocenters. The molecule has 1 aliphatic rings. The van der Waals surface area contributed by atoms with Gasteiger partial charge in [0, 0.05) is 63.6 Å². The summed E-state index contributed by atoms with van der Waals surface area (Å²) in [6.07, 6.45) is -7.11. The maximum absolute atomic E-state index is 13.5. The summed E-state index contributed by atoms with van der Waals surface area (Å²) in [6, 6.07) is 15.7. The highest BCUT2D eigenvalue weighted by molar-refractivity contribution is 5.76. The maximum Gasteiger partial charge on any atom is 0.406 e. The molecule has 232 valence electrons. The molecule has 5 nitrogen and oxygen atoms in total. The normalized spacial score (nSPS) is 17.3. The first-order valence-corrected chi connectivity index (χ1v) is 14.2. The topological polar surface area (TPSA) is 48.5 Å². The second-order valence-electron chi connectivity index (χ2n) is 11.5. The summed E-state index contributed by atoms with van der Waals surface area (Å²) in [5, 5.41) is 2.98. The number of benzene rings is 2. The van der Waals surface area contributed by atoms with Crippen LogP contribution in [-0.2, 0) is 23.3 Å². The van der Waals surface area contributed by atoms with E-state index in [9.17, 15) is 31.1 Å². The van der Waals surface area contributed by atoms with Gasteiger partial charge in [0.15, 0.2) is 5.41 Å². The van der Waals surface area contributed by atoms with Crippen molar-refractivity contribution in [3.8, 4) is 11.1 Å². The first-order valence-electron chi connectivity index (χ1n) is 14.2. The van der Waals surface area contributed by atoms with Gasteiger partial charge in [-0.1, -0.05) is 48.5 Å². The third kappa shape index (κ3) is 7.75. The summed E-state index contributed by atoms with van der Waals surface area (Å²) in [4.78, 5) is 21.4. The zero-order valence-corrected chi connectivity index (χ0v) is 24.3. The molecule has 2 heterocycles. The van der Waals surface area contributed by atoms with Gasteiger partial charge < -0.3 is 5.32 Å². The van der Waals surface area contributed by atoms with Gasteiger partial charge in [-0.3, -0.25) is 19.6 Å². The van der Waals surface area contributed by atoms with Crippen LogP contribution in [0.15, 0.2) is 73.1 Å². The number of piperazine rings is 1. The van der Waals surface area contributed by atoms with E-state index in [0.29, 0.717) is 30.6 Å². The fourth-order valence-electron chi connectivity index (χ4n) is 5.37. The van der Waals surface area contributed by atoms with Crippen LogP contribution in [0, 0.1) is 0 Å². The molecule has 0 bridgehead atoms. The Balaban J connectivity index is 1.47. The van der Waals surface area contributed by atoms with Crippen molar-refractivity contribution in [2.45, 2.75) is 70.1 Å². The van der Waals surface area contributed by atoms with Crippen molar-refractivity contribution in [3.63, 3.8) is 0 Å². The van der Waals surface area contributed by atoms with E-state index in [0.717, 1.165) is 42.9 Å². The Bertz CT molecular complexity index is 1330. The van der Waals surface area contributed by atoms with Crippen LogP contribution in [0.2, 0.25) is 0 Å². The molecule has 0 radical (unpaired) electrons. The lowest BCUT2D eigenvalue weighted by molar-refractivity contribution is -0.297. The van der Waals surface area contributed by atoms with Crippen molar-refractivity contribution in [2.24, 2.45) is 0 Å². The number of carbonyl (C=O) groups is 1. The molecule has 11 heteroatoms. The summed E-state index contributed by atoms with van der Waals surface area (Å²) in [6.45, 7) is 7.66. The van der Waals surface area contributed by atoms with Crippen molar-refractivity contribution in [2.75, 3.05) is 19.6 Å². The number of rotatable bonds is 9. The first-order chi connectivity index (χ1) is 20.2. The molecule has 0 aliphatic carbocycles. The Morgan fingerprint density at radius 3 is 1.91 bits per heavy atom. The van der Waals surface area contributed by atoms with Crippen LogP contribution in [-0.4, -0.2) is 64.8 Å². The average Bonchev–Trinajstić information content (AvgIpc) is 2.93. The van der Waals surface area contributed by atoms with E-state index in [1.807, 2.05) is 38.1 Å². The SMILES string of the molecule is CC(C)NC(=O)C[C@@H]1CN(Cc2ccncc2)CCN1Cc1ccc(-c2ccc(C(C)(C(F)(F)F)C(F)(F)F)cc2)cc1. The summed E-state index contributed by atoms with van der Waals surface area (Å²) in [5.74, 6) is -0.0123. The molecule has 3 aromatic rings. The van der Waals surface area contributed by atoms with Gasteiger partial charge in [-0.15, -0.1) is 0 Å². The van der Waals surface area contributed by atoms with Crippen molar-refractivity contribution < 1.29 is 31.1 Å². The number of alkyl halides is 6. The van der Waals surface area contributed by atoms with Gasteiger partial charge in [0.05, 0.1) is 0 Å². The second-order valence-corrected chi connectivity index (χ2v) is 11.5. The molecular formula is C32H36F6N4O. The highest BCUT2D eigenvalue weighted by Gasteiger charge is 2.68. The molecule has 1 amide bonds. The fourth-order valence-corrected chi connectivity index (χ4v) is 5.37. The van der Waals surface area contributed by atoms with Crippen molar-refractivity contribution in [1.29, 1.82) is 0 Å². The van der Waals surface area contributed by atoms with Crippen molar-refractivity contribution in [3.05, 3.63) is 89.7 Å². The molecule has 1 aromatic heterocycles. The lowest BCUT2D eigenvalue weighted by atomic mass is 9.80. The molecule has 0 saturated carbocycles. The number of carbonyl (C=O) groups excluding carboxylic acids is 1. The maximum atomic E-state index is 13.5. The Morgan fingerprint density at radius 1 is 0.837 bits per heavy atom. The van der Waals surface area contributed by atoms with Crippen LogP contribution in [0.3, 0.4) is 0 Å². The predicted octanol–water partition coefficient (Wildman–Crippen LogP) is 6.73. The molecule has 0 spiro atoms. The average molecular weight is 607 g/mol. The minimum absolute atomic E-state index is 0.0123. The van der Waals surface area contributed by atoms with Gasteiger partial charge in [-0.2, -0.15) is 26.3 Å². The number of hydrogen-bond donors (Lipinski definition) is 1. The summed E-state index contributed by atoms with van der Waals surface area (Å²) >= 11 is 0. The Kier molecular flexibility index (Phi) is 9.86. The lowest BCUT2D eigenvalue weighted by Gasteiger charge is -2.41. The van der Waals surface area contributed by atoms with E-state index in [1.165, 1.54) is 12.1 Å². The van der Waals surface area contributed by atoms with Crippen LogP contribution in [0.5, 0.6) is 0 Å². The minimum atomic E-state index is -5.49. The fraction of sp³-hybridized carbons (Fsp3) is 0.438. The largest absolute Gasteiger partial charge is 0.406 e. The monoisotopic (exact) mass is 606 g/mol. The third-order valence-electron chi connectivity index (χ3n) is 7.98. The van der Waals surface area contributed by atoms with E-state index in [-0.39, 0.29) is 24.9 Å². The number of aromatic nitrogens is 1. The molecule has 1 aliphatic heterocycles. The molecule has 1 N–H and O–H groups in total. The van der Waals surface area contributed by atoms with E-state index in [2.05, 4.69) is 20.1 Å². The highest BCUT2D eigenvalue weighted by atomic mass is 19.4. The van der Waals surface area contributed by atoms with Crippen molar-refractivity contribution >= 4 is 5.91 Å². The quantitative estimate of drug-likeness (QED) is 0.275. The van der Waals surface area contributed by atoms with Crippen LogP contribution in [0.25, 0.3) is 11.1 Å². The Labute approximate surface area is 247 Å². The summed E-state index contributed by atoms with van der Waals surface area (Å²) < 4.78 is 80.8. The summed E-state index contributed by atoms with van der Waals surface area (Å²) in [7, 11) is 0. The second kappa shape index (κ2) is 13.1. The van der Waals surface area contributed by atoms with E-state index in [4.69, 9.17) is 0 Å². The van der Waals surface area contributed by atoms with E-state index < -0.39 is 23.3 Å². The molecule has 1 saturated heterocycles. The number of nitrogens with one attached hydrogen (secondary N) is 1. The first kappa shape index (κ1) is 32.5. The van der Waals surface area contributed by atoms with Gasteiger partial charge >= 0.3 is 12.4 Å². The highest BCUT2D eigenvalue weighted by Crippen LogP contribution is 2.51. The number of halogens is 6. The van der Waals surface area contributed by atoms with E-state index in [1.54, 1.807) is 24.5 Å². The zero-order valence-electron chi connectivity index (χ0n) is 24.3. The van der Waals surface area contributed by atoms with Gasteiger partial charge in [-0.25, -0.2) is 0 Å². The predicted molar refractivity (Wildman–Crippen MR) is 153 cm³/mol. The molecule has 0 unspecified atom stereocenters.